The van der Waals surface area contributed by atoms with Crippen LogP contribution in [0.25, 0.3) is 0 Å². The molecule has 0 amide bonds. The molecular formula is C19H22NO3PS. The van der Waals surface area contributed by atoms with E-state index in [9.17, 15) is 8.42 Å². The van der Waals surface area contributed by atoms with Crippen LogP contribution < -0.4 is 10.0 Å². The zero-order valence-corrected chi connectivity index (χ0v) is 16.1. The van der Waals surface area contributed by atoms with Gasteiger partial charge in [-0.1, -0.05) is 37.8 Å². The molecule has 0 saturated carbocycles. The van der Waals surface area contributed by atoms with E-state index in [4.69, 9.17) is 4.74 Å². The van der Waals surface area contributed by atoms with Gasteiger partial charge in [0.25, 0.3) is 0 Å². The average molecular weight is 375 g/mol. The van der Waals surface area contributed by atoms with E-state index in [0.717, 1.165) is 23.9 Å². The van der Waals surface area contributed by atoms with Crippen molar-refractivity contribution in [3.63, 3.8) is 0 Å². The van der Waals surface area contributed by atoms with E-state index in [0.29, 0.717) is 17.1 Å². The molecule has 0 N–H and O–H groups in total. The summed E-state index contributed by atoms with van der Waals surface area (Å²) in [6.45, 7) is 2.62. The summed E-state index contributed by atoms with van der Waals surface area (Å²) in [6.07, 6.45) is 1.96. The van der Waals surface area contributed by atoms with E-state index in [2.05, 4.69) is 12.1 Å². The van der Waals surface area contributed by atoms with E-state index in [-0.39, 0.29) is 14.0 Å². The van der Waals surface area contributed by atoms with Crippen LogP contribution in [0.2, 0.25) is 0 Å². The van der Waals surface area contributed by atoms with Crippen LogP contribution in [-0.2, 0) is 10.0 Å². The molecule has 0 aromatic heterocycles. The summed E-state index contributed by atoms with van der Waals surface area (Å²) >= 11 is 0. The second-order valence-corrected chi connectivity index (χ2v) is 11.2. The molecule has 2 aliphatic rings. The molecule has 2 heterocycles. The zero-order valence-electron chi connectivity index (χ0n) is 14.4. The third-order valence-corrected chi connectivity index (χ3v) is 10.2. The van der Waals surface area contributed by atoms with Crippen molar-refractivity contribution in [3.05, 3.63) is 54.1 Å². The van der Waals surface area contributed by atoms with Gasteiger partial charge in [-0.15, -0.1) is 0 Å². The molecule has 3 atom stereocenters. The van der Waals surface area contributed by atoms with Crippen LogP contribution in [0.15, 0.2) is 53.4 Å². The van der Waals surface area contributed by atoms with E-state index >= 15 is 0 Å². The SMILES string of the molecule is COc1ccc([P@@]2C[C@@H]3C[C@H]2CN3S(=O)(=O)c2ccc(C)cc2)cc1. The number of aryl methyl sites for hydroxylation is 1. The minimum absolute atomic E-state index is 0.143. The fourth-order valence-corrected chi connectivity index (χ4v) is 8.90. The average Bonchev–Trinajstić information content (AvgIpc) is 3.23. The van der Waals surface area contributed by atoms with Gasteiger partial charge < -0.3 is 4.74 Å². The molecule has 132 valence electrons. The standard InChI is InChI=1S/C19H22NO3PS/c1-14-3-9-19(10-4-14)25(21,22)20-12-18-11-15(20)13-24(18)17-7-5-16(23-2)6-8-17/h3-10,15,18H,11-13H2,1-2H3/t15-,18-,24+/m0/s1. The van der Waals surface area contributed by atoms with Gasteiger partial charge in [-0.3, -0.25) is 0 Å². The molecule has 25 heavy (non-hydrogen) atoms. The summed E-state index contributed by atoms with van der Waals surface area (Å²) < 4.78 is 32.9. The van der Waals surface area contributed by atoms with Crippen LogP contribution in [0.4, 0.5) is 0 Å². The smallest absolute Gasteiger partial charge is 0.243 e. The maximum atomic E-state index is 13.0. The van der Waals surface area contributed by atoms with Gasteiger partial charge in [-0.2, -0.15) is 4.31 Å². The van der Waals surface area contributed by atoms with Crippen LogP contribution in [0.1, 0.15) is 12.0 Å². The third-order valence-electron chi connectivity index (χ3n) is 5.22. The highest BCUT2D eigenvalue weighted by molar-refractivity contribution is 7.89. The summed E-state index contributed by atoms with van der Waals surface area (Å²) in [5, 5.41) is 1.36. The van der Waals surface area contributed by atoms with Gasteiger partial charge in [0.1, 0.15) is 5.75 Å². The molecule has 0 aliphatic carbocycles. The first kappa shape index (κ1) is 17.0. The lowest BCUT2D eigenvalue weighted by atomic mass is 10.2. The Morgan fingerprint density at radius 2 is 1.76 bits per heavy atom. The number of benzene rings is 2. The molecule has 2 saturated heterocycles. The Hall–Kier alpha value is -1.42. The Morgan fingerprint density at radius 3 is 2.32 bits per heavy atom. The van der Waals surface area contributed by atoms with Crippen LogP contribution in [0, 0.1) is 6.92 Å². The summed E-state index contributed by atoms with van der Waals surface area (Å²) in [6, 6.07) is 15.6. The Labute approximate surface area is 150 Å². The Balaban J connectivity index is 1.53. The second-order valence-electron chi connectivity index (χ2n) is 6.78. The molecule has 2 bridgehead atoms. The number of nitrogens with zero attached hydrogens (tertiary/aromatic N) is 1. The molecule has 4 nitrogen and oxygen atoms in total. The van der Waals surface area contributed by atoms with Gasteiger partial charge in [-0.25, -0.2) is 8.42 Å². The molecule has 4 rings (SSSR count). The van der Waals surface area contributed by atoms with Crippen LogP contribution in [0.3, 0.4) is 0 Å². The maximum absolute atomic E-state index is 13.0. The Morgan fingerprint density at radius 1 is 1.08 bits per heavy atom. The largest absolute Gasteiger partial charge is 0.497 e. The Bertz CT molecular complexity index is 865. The first-order valence-corrected chi connectivity index (χ1v) is 11.5. The lowest BCUT2D eigenvalue weighted by molar-refractivity contribution is 0.408. The topological polar surface area (TPSA) is 46.6 Å². The predicted octanol–water partition coefficient (Wildman–Crippen LogP) is 2.96. The molecular weight excluding hydrogens is 353 g/mol. The molecule has 2 aromatic rings. The number of fused-ring (bicyclic) bond motifs is 2. The molecule has 0 unspecified atom stereocenters. The number of hydrogen-bond acceptors (Lipinski definition) is 3. The normalized spacial score (nSPS) is 26.1. The van der Waals surface area contributed by atoms with Crippen molar-refractivity contribution in [2.45, 2.75) is 29.9 Å². The monoisotopic (exact) mass is 375 g/mol. The predicted molar refractivity (Wildman–Crippen MR) is 102 cm³/mol. The van der Waals surface area contributed by atoms with Crippen molar-refractivity contribution >= 4 is 23.2 Å². The van der Waals surface area contributed by atoms with Crippen LogP contribution in [0.5, 0.6) is 5.75 Å². The summed E-state index contributed by atoms with van der Waals surface area (Å²) in [4.78, 5) is 0.416. The van der Waals surface area contributed by atoms with Gasteiger partial charge in [-0.05, 0) is 54.7 Å². The van der Waals surface area contributed by atoms with Gasteiger partial charge in [0, 0.05) is 12.6 Å². The number of sulfonamides is 1. The fourth-order valence-electron chi connectivity index (χ4n) is 3.86. The second kappa shape index (κ2) is 6.39. The zero-order chi connectivity index (χ0) is 17.6. The molecule has 6 heteroatoms. The van der Waals surface area contributed by atoms with Crippen molar-refractivity contribution in [1.29, 1.82) is 0 Å². The molecule has 0 spiro atoms. The van der Waals surface area contributed by atoms with Crippen molar-refractivity contribution in [2.75, 3.05) is 19.8 Å². The van der Waals surface area contributed by atoms with Gasteiger partial charge in [0.05, 0.1) is 12.0 Å². The first-order chi connectivity index (χ1) is 12.0. The lowest BCUT2D eigenvalue weighted by Gasteiger charge is -2.31. The van der Waals surface area contributed by atoms with Gasteiger partial charge >= 0.3 is 0 Å². The first-order valence-electron chi connectivity index (χ1n) is 8.48. The molecule has 2 aliphatic heterocycles. The fraction of sp³-hybridized carbons (Fsp3) is 0.368. The third kappa shape index (κ3) is 2.99. The van der Waals surface area contributed by atoms with Crippen molar-refractivity contribution in [2.24, 2.45) is 0 Å². The number of ether oxygens (including phenoxy) is 1. The van der Waals surface area contributed by atoms with E-state index in [1.807, 2.05) is 31.2 Å². The highest BCUT2D eigenvalue weighted by Crippen LogP contribution is 2.55. The molecule has 2 aromatic carbocycles. The van der Waals surface area contributed by atoms with Gasteiger partial charge in [0.2, 0.25) is 10.0 Å². The lowest BCUT2D eigenvalue weighted by Crippen LogP contribution is -2.40. The van der Waals surface area contributed by atoms with Crippen LogP contribution >= 0.6 is 7.92 Å². The highest BCUT2D eigenvalue weighted by Gasteiger charge is 2.49. The summed E-state index contributed by atoms with van der Waals surface area (Å²) in [5.74, 6) is 0.867. The van der Waals surface area contributed by atoms with Crippen molar-refractivity contribution in [3.8, 4) is 5.75 Å². The minimum atomic E-state index is -3.38. The number of methoxy groups -OCH3 is 1. The minimum Gasteiger partial charge on any atom is -0.497 e. The van der Waals surface area contributed by atoms with E-state index in [1.54, 1.807) is 23.5 Å². The highest BCUT2D eigenvalue weighted by atomic mass is 32.2. The van der Waals surface area contributed by atoms with Gasteiger partial charge in [0.15, 0.2) is 0 Å². The number of hydrogen-bond donors (Lipinski definition) is 0. The summed E-state index contributed by atoms with van der Waals surface area (Å²) in [5.41, 5.74) is 1.54. The maximum Gasteiger partial charge on any atom is 0.243 e. The quantitative estimate of drug-likeness (QED) is 0.772. The van der Waals surface area contributed by atoms with E-state index < -0.39 is 10.0 Å². The Kier molecular flexibility index (Phi) is 4.35. The van der Waals surface area contributed by atoms with Crippen molar-refractivity contribution < 1.29 is 13.2 Å². The van der Waals surface area contributed by atoms with E-state index in [1.165, 1.54) is 5.30 Å². The van der Waals surface area contributed by atoms with Crippen molar-refractivity contribution in [1.82, 2.24) is 4.31 Å². The number of rotatable bonds is 4. The van der Waals surface area contributed by atoms with Crippen LogP contribution in [-0.4, -0.2) is 44.2 Å². The summed E-state index contributed by atoms with van der Waals surface area (Å²) in [7, 11) is -1.99. The molecule has 0 radical (unpaired) electrons. The molecule has 2 fully saturated rings.